The maximum Gasteiger partial charge on any atom is 0.267 e. The number of nitrogens with zero attached hydrogens (tertiary/aromatic N) is 3. The summed E-state index contributed by atoms with van der Waals surface area (Å²) in [6.45, 7) is 3.76. The van der Waals surface area contributed by atoms with Crippen molar-refractivity contribution in [3.63, 3.8) is 0 Å². The van der Waals surface area contributed by atoms with Gasteiger partial charge in [0.25, 0.3) is 5.56 Å². The summed E-state index contributed by atoms with van der Waals surface area (Å²) in [5.41, 5.74) is 2.34. The van der Waals surface area contributed by atoms with E-state index in [0.717, 1.165) is 56.6 Å². The number of aliphatic hydroxyl groups excluding tert-OH is 1. The van der Waals surface area contributed by atoms with Crippen molar-refractivity contribution in [1.29, 1.82) is 0 Å². The lowest BCUT2D eigenvalue weighted by atomic mass is 9.94. The molecule has 4 rings (SSSR count). The van der Waals surface area contributed by atoms with Crippen LogP contribution >= 0.6 is 0 Å². The molecule has 2 fully saturated rings. The monoisotopic (exact) mass is 333 g/mol. The lowest BCUT2D eigenvalue weighted by molar-refractivity contribution is 0.0556. The molecule has 0 amide bonds. The molecule has 0 aromatic carbocycles. The summed E-state index contributed by atoms with van der Waals surface area (Å²) in [7, 11) is 0. The van der Waals surface area contributed by atoms with Gasteiger partial charge in [-0.2, -0.15) is 5.10 Å². The second-order valence-corrected chi connectivity index (χ2v) is 7.50. The van der Waals surface area contributed by atoms with Gasteiger partial charge in [0, 0.05) is 12.6 Å². The Balaban J connectivity index is 1.38. The fourth-order valence-electron chi connectivity index (χ4n) is 4.32. The zero-order valence-corrected chi connectivity index (χ0v) is 14.2. The average Bonchev–Trinajstić information content (AvgIpc) is 3.02. The molecule has 1 aromatic rings. The summed E-state index contributed by atoms with van der Waals surface area (Å²) in [5.74, 6) is 0.493. The molecule has 2 saturated heterocycles. The standard InChI is InChI=1S/C18H27N3O3/c22-17-12-24-11-16(17)20-7-5-13(6-8-20)10-21-18(23)9-14-3-1-2-4-15(14)19-21/h9,13,16-17,22H,1-8,10-12H2. The Labute approximate surface area is 142 Å². The molecule has 0 bridgehead atoms. The van der Waals surface area contributed by atoms with Crippen LogP contribution in [0.4, 0.5) is 0 Å². The van der Waals surface area contributed by atoms with Gasteiger partial charge < -0.3 is 9.84 Å². The lowest BCUT2D eigenvalue weighted by Gasteiger charge is -2.36. The number of aliphatic hydroxyl groups is 1. The molecule has 0 spiro atoms. The van der Waals surface area contributed by atoms with Crippen molar-refractivity contribution in [2.45, 2.75) is 57.2 Å². The van der Waals surface area contributed by atoms with Gasteiger partial charge in [0.1, 0.15) is 0 Å². The zero-order chi connectivity index (χ0) is 16.5. The highest BCUT2D eigenvalue weighted by molar-refractivity contribution is 5.20. The van der Waals surface area contributed by atoms with E-state index in [1.54, 1.807) is 4.68 Å². The van der Waals surface area contributed by atoms with E-state index in [2.05, 4.69) is 10.00 Å². The van der Waals surface area contributed by atoms with Gasteiger partial charge in [0.15, 0.2) is 0 Å². The van der Waals surface area contributed by atoms with Crippen LogP contribution in [0.2, 0.25) is 0 Å². The third-order valence-electron chi connectivity index (χ3n) is 5.84. The Morgan fingerprint density at radius 1 is 1.21 bits per heavy atom. The van der Waals surface area contributed by atoms with Crippen molar-refractivity contribution >= 4 is 0 Å². The molecule has 2 unspecified atom stereocenters. The number of rotatable bonds is 3. The molecular formula is C18H27N3O3. The summed E-state index contributed by atoms with van der Waals surface area (Å²) >= 11 is 0. The van der Waals surface area contributed by atoms with E-state index in [-0.39, 0.29) is 17.7 Å². The van der Waals surface area contributed by atoms with Crippen molar-refractivity contribution in [2.24, 2.45) is 5.92 Å². The molecule has 6 nitrogen and oxygen atoms in total. The van der Waals surface area contributed by atoms with E-state index < -0.39 is 0 Å². The van der Waals surface area contributed by atoms with Crippen molar-refractivity contribution in [3.8, 4) is 0 Å². The molecule has 0 saturated carbocycles. The highest BCUT2D eigenvalue weighted by Crippen LogP contribution is 2.24. The number of hydrogen-bond acceptors (Lipinski definition) is 5. The normalized spacial score (nSPS) is 28.9. The maximum absolute atomic E-state index is 12.3. The number of aromatic nitrogens is 2. The first kappa shape index (κ1) is 16.2. The van der Waals surface area contributed by atoms with Crippen LogP contribution in [0.3, 0.4) is 0 Å². The molecule has 24 heavy (non-hydrogen) atoms. The Hall–Kier alpha value is -1.24. The summed E-state index contributed by atoms with van der Waals surface area (Å²) in [4.78, 5) is 14.7. The Morgan fingerprint density at radius 3 is 2.75 bits per heavy atom. The summed E-state index contributed by atoms with van der Waals surface area (Å²) in [6, 6.07) is 1.96. The molecule has 2 atom stereocenters. The summed E-state index contributed by atoms with van der Waals surface area (Å²) in [6.07, 6.45) is 6.11. The molecule has 2 aliphatic heterocycles. The van der Waals surface area contributed by atoms with Gasteiger partial charge in [-0.05, 0) is 63.1 Å². The maximum atomic E-state index is 12.3. The van der Waals surface area contributed by atoms with Crippen LogP contribution in [0.25, 0.3) is 0 Å². The second-order valence-electron chi connectivity index (χ2n) is 7.50. The predicted molar refractivity (Wildman–Crippen MR) is 90.0 cm³/mol. The SMILES string of the molecule is O=c1cc2c(nn1CC1CCN(C3COCC3O)CC1)CCCC2. The summed E-state index contributed by atoms with van der Waals surface area (Å²) in [5, 5.41) is 14.6. The van der Waals surface area contributed by atoms with E-state index in [1.165, 1.54) is 12.8 Å². The third kappa shape index (κ3) is 3.27. The molecular weight excluding hydrogens is 306 g/mol. The highest BCUT2D eigenvalue weighted by Gasteiger charge is 2.34. The van der Waals surface area contributed by atoms with Gasteiger partial charge in [0.05, 0.1) is 31.1 Å². The number of likely N-dealkylation sites (tertiary alicyclic amines) is 1. The summed E-state index contributed by atoms with van der Waals surface area (Å²) < 4.78 is 7.06. The molecule has 0 radical (unpaired) electrons. The largest absolute Gasteiger partial charge is 0.389 e. The van der Waals surface area contributed by atoms with E-state index in [9.17, 15) is 9.90 Å². The van der Waals surface area contributed by atoms with Crippen molar-refractivity contribution in [3.05, 3.63) is 27.7 Å². The molecule has 6 heteroatoms. The first-order valence-electron chi connectivity index (χ1n) is 9.30. The fraction of sp³-hybridized carbons (Fsp3) is 0.778. The minimum absolute atomic E-state index is 0.0534. The van der Waals surface area contributed by atoms with Gasteiger partial charge in [-0.25, -0.2) is 4.68 Å². The smallest absolute Gasteiger partial charge is 0.267 e. The van der Waals surface area contributed by atoms with Gasteiger partial charge in [-0.3, -0.25) is 9.69 Å². The molecule has 132 valence electrons. The van der Waals surface area contributed by atoms with Crippen LogP contribution in [0.5, 0.6) is 0 Å². The van der Waals surface area contributed by atoms with Gasteiger partial charge in [0.2, 0.25) is 0 Å². The Morgan fingerprint density at radius 2 is 2.00 bits per heavy atom. The molecule has 1 N–H and O–H groups in total. The second kappa shape index (κ2) is 6.94. The first-order chi connectivity index (χ1) is 11.7. The van der Waals surface area contributed by atoms with Crippen LogP contribution in [0, 0.1) is 5.92 Å². The molecule has 1 aliphatic carbocycles. The van der Waals surface area contributed by atoms with Crippen molar-refractivity contribution in [1.82, 2.24) is 14.7 Å². The number of hydrogen-bond donors (Lipinski definition) is 1. The number of aryl methyl sites for hydroxylation is 2. The highest BCUT2D eigenvalue weighted by atomic mass is 16.5. The van der Waals surface area contributed by atoms with Crippen LogP contribution < -0.4 is 5.56 Å². The molecule has 3 heterocycles. The van der Waals surface area contributed by atoms with Gasteiger partial charge in [-0.15, -0.1) is 0 Å². The topological polar surface area (TPSA) is 67.6 Å². The predicted octanol–water partition coefficient (Wildman–Crippen LogP) is 0.594. The van der Waals surface area contributed by atoms with Gasteiger partial charge >= 0.3 is 0 Å². The zero-order valence-electron chi connectivity index (χ0n) is 14.2. The quantitative estimate of drug-likeness (QED) is 0.877. The van der Waals surface area contributed by atoms with E-state index in [1.807, 2.05) is 6.07 Å². The minimum Gasteiger partial charge on any atom is -0.389 e. The van der Waals surface area contributed by atoms with Crippen LogP contribution in [-0.4, -0.2) is 58.2 Å². The molecule has 3 aliphatic rings. The van der Waals surface area contributed by atoms with Gasteiger partial charge in [-0.1, -0.05) is 0 Å². The average molecular weight is 333 g/mol. The van der Waals surface area contributed by atoms with E-state index in [0.29, 0.717) is 19.1 Å². The van der Waals surface area contributed by atoms with Crippen molar-refractivity contribution in [2.75, 3.05) is 26.3 Å². The van der Waals surface area contributed by atoms with Crippen LogP contribution in [0.15, 0.2) is 10.9 Å². The van der Waals surface area contributed by atoms with Crippen LogP contribution in [-0.2, 0) is 24.1 Å². The third-order valence-corrected chi connectivity index (χ3v) is 5.84. The van der Waals surface area contributed by atoms with E-state index in [4.69, 9.17) is 4.74 Å². The fourth-order valence-corrected chi connectivity index (χ4v) is 4.32. The Bertz CT molecular complexity index is 637. The van der Waals surface area contributed by atoms with Crippen molar-refractivity contribution < 1.29 is 9.84 Å². The number of ether oxygens (including phenoxy) is 1. The lowest BCUT2D eigenvalue weighted by Crippen LogP contribution is -2.47. The Kier molecular flexibility index (Phi) is 4.70. The number of fused-ring (bicyclic) bond motifs is 1. The minimum atomic E-state index is -0.355. The first-order valence-corrected chi connectivity index (χ1v) is 9.30. The van der Waals surface area contributed by atoms with Crippen LogP contribution in [0.1, 0.15) is 36.9 Å². The number of piperidine rings is 1. The van der Waals surface area contributed by atoms with E-state index >= 15 is 0 Å². The molecule has 1 aromatic heterocycles.